The van der Waals surface area contributed by atoms with Crippen molar-refractivity contribution in [1.29, 1.82) is 10.5 Å². The molecule has 22 rings (SSSR count). The Morgan fingerprint density at radius 1 is 0.232 bits per heavy atom. The van der Waals surface area contributed by atoms with Crippen LogP contribution in [0.1, 0.15) is 63.8 Å². The second-order valence-corrected chi connectivity index (χ2v) is 35.3. The van der Waals surface area contributed by atoms with Gasteiger partial charge < -0.3 is 18.9 Å². The number of benzene rings is 18. The fraction of sp³-hybridized carbons (Fsp3) is 0.0678. The Labute approximate surface area is 730 Å². The van der Waals surface area contributed by atoms with Gasteiger partial charge in [-0.2, -0.15) is 10.5 Å². The summed E-state index contributed by atoms with van der Waals surface area (Å²) in [5.41, 5.74) is 37.0. The lowest BCUT2D eigenvalue weighted by Crippen LogP contribution is -2.61. The number of fused-ring (bicyclic) bond motifs is 10. The zero-order valence-electron chi connectivity index (χ0n) is 70.4. The summed E-state index contributed by atoms with van der Waals surface area (Å²) in [6.07, 6.45) is 0. The summed E-state index contributed by atoms with van der Waals surface area (Å²) in [4.78, 5) is 5.33. The van der Waals surface area contributed by atoms with Gasteiger partial charge in [-0.05, 0) is 225 Å². The van der Waals surface area contributed by atoms with Crippen LogP contribution < -0.4 is 26.2 Å². The minimum Gasteiger partial charge on any atom is -0.310 e. The van der Waals surface area contributed by atoms with Crippen molar-refractivity contribution in [2.75, 3.05) is 9.80 Å². The number of rotatable bonds is 13. The summed E-state index contributed by atoms with van der Waals surface area (Å²) in [6, 6.07) is 155. The molecule has 20 aromatic rings. The average Bonchev–Trinajstić information content (AvgIpc) is 1.15. The van der Waals surface area contributed by atoms with Crippen molar-refractivity contribution < 1.29 is 0 Å². The van der Waals surface area contributed by atoms with Crippen LogP contribution in [0.2, 0.25) is 0 Å². The van der Waals surface area contributed by atoms with Crippen LogP contribution in [0.5, 0.6) is 0 Å². The Morgan fingerprint density at radius 3 is 0.904 bits per heavy atom. The van der Waals surface area contributed by atoms with E-state index in [1.807, 2.05) is 24.3 Å². The highest BCUT2D eigenvalue weighted by molar-refractivity contribution is 7.00. The molecule has 0 fully saturated rings. The molecule has 0 spiro atoms. The number of anilines is 6. The molecule has 0 saturated carbocycles. The van der Waals surface area contributed by atoms with Crippen LogP contribution in [0.3, 0.4) is 0 Å². The monoisotopic (exact) mass is 1600 g/mol. The third-order valence-corrected chi connectivity index (χ3v) is 25.9. The molecule has 18 aromatic carbocycles. The van der Waals surface area contributed by atoms with Crippen LogP contribution >= 0.6 is 0 Å². The molecule has 0 unspecified atom stereocenters. The quantitative estimate of drug-likeness (QED) is 0.108. The average molecular weight is 1600 g/mol. The molecule has 590 valence electrons. The highest BCUT2D eigenvalue weighted by Crippen LogP contribution is 2.57. The summed E-state index contributed by atoms with van der Waals surface area (Å²) in [5.74, 6) is 0. The molecule has 0 N–H and O–H groups in total. The van der Waals surface area contributed by atoms with Crippen molar-refractivity contribution >= 4 is 101 Å². The Bertz CT molecular complexity index is 7270. The minimum absolute atomic E-state index is 0.160. The fourth-order valence-electron chi connectivity index (χ4n) is 19.8. The topological polar surface area (TPSA) is 63.9 Å². The van der Waals surface area contributed by atoms with Crippen LogP contribution in [0.25, 0.3) is 155 Å². The van der Waals surface area contributed by atoms with Crippen LogP contribution in [-0.4, -0.2) is 15.8 Å². The molecule has 0 atom stereocenters. The van der Waals surface area contributed by atoms with Gasteiger partial charge in [0.25, 0.3) is 6.71 Å². The van der Waals surface area contributed by atoms with Crippen molar-refractivity contribution in [1.82, 2.24) is 9.13 Å². The van der Waals surface area contributed by atoms with Gasteiger partial charge in [-0.25, -0.2) is 0 Å². The van der Waals surface area contributed by atoms with E-state index in [4.69, 9.17) is 0 Å². The molecule has 125 heavy (non-hydrogen) atoms. The molecule has 0 aliphatic carbocycles. The molecule has 0 radical (unpaired) electrons. The fourth-order valence-corrected chi connectivity index (χ4v) is 19.8. The highest BCUT2D eigenvalue weighted by atomic mass is 15.2. The Balaban J connectivity index is 0.944. The molecule has 0 saturated heterocycles. The third-order valence-electron chi connectivity index (χ3n) is 25.9. The van der Waals surface area contributed by atoms with E-state index >= 15 is 0 Å². The maximum absolute atomic E-state index is 11.3. The third kappa shape index (κ3) is 12.8. The van der Waals surface area contributed by atoms with E-state index in [1.54, 1.807) is 0 Å². The van der Waals surface area contributed by atoms with Gasteiger partial charge in [-0.15, -0.1) is 0 Å². The van der Waals surface area contributed by atoms with Gasteiger partial charge in [0.05, 0.1) is 56.7 Å². The number of nitriles is 2. The summed E-state index contributed by atoms with van der Waals surface area (Å²) >= 11 is 0. The van der Waals surface area contributed by atoms with Crippen LogP contribution in [0, 0.1) is 22.7 Å². The number of hydrogen-bond acceptors (Lipinski definition) is 4. The Morgan fingerprint density at radius 2 is 0.544 bits per heavy atom. The van der Waals surface area contributed by atoms with Gasteiger partial charge >= 0.3 is 0 Å². The van der Waals surface area contributed by atoms with Crippen molar-refractivity contribution in [3.05, 3.63) is 429 Å². The molecule has 2 aromatic heterocycles. The van der Waals surface area contributed by atoms with Crippen molar-refractivity contribution in [3.8, 4) is 124 Å². The number of nitrogens with zero attached hydrogens (tertiary/aromatic N) is 6. The lowest BCUT2D eigenvalue weighted by atomic mass is 9.33. The van der Waals surface area contributed by atoms with Gasteiger partial charge in [0.1, 0.15) is 0 Å². The molecule has 4 heterocycles. The first-order valence-corrected chi connectivity index (χ1v) is 43.2. The van der Waals surface area contributed by atoms with E-state index in [0.717, 1.165) is 184 Å². The van der Waals surface area contributed by atoms with E-state index in [1.165, 1.54) is 32.7 Å². The lowest BCUT2D eigenvalue weighted by molar-refractivity contribution is 0.590. The summed E-state index contributed by atoms with van der Waals surface area (Å²) < 4.78 is 4.94. The van der Waals surface area contributed by atoms with Crippen LogP contribution in [0.15, 0.2) is 406 Å². The van der Waals surface area contributed by atoms with Gasteiger partial charge in [0, 0.05) is 77.9 Å². The second kappa shape index (κ2) is 30.1. The highest BCUT2D eigenvalue weighted by Gasteiger charge is 2.46. The van der Waals surface area contributed by atoms with E-state index in [0.29, 0.717) is 11.1 Å². The zero-order chi connectivity index (χ0) is 84.3. The van der Waals surface area contributed by atoms with E-state index < -0.39 is 6.71 Å². The molecule has 6 nitrogen and oxygen atoms in total. The minimum atomic E-state index is -0.413. The SMILES string of the molecule is CC(C)(C)c1ccc(-c2cc(-c3ccccc3C#N)cc(-c3cccc(-c4ccccc4)c3)c2N2c3cc(-n4c5ccccc5c5ccccc54)ccc3B3c4ccc(-n5c6ccccc6c6ccccc65)cc4N(c4c(-c5ccc(C(C)(C)C)cc5)cc(-c5ccccc5C#N)cc4-c4cccc(-c5ccccc5)c4)c4cc(-c5ccccc5)cc2c43)cc1. The molecule has 0 bridgehead atoms. The molecular weight excluding hydrogens is 1510 g/mol. The van der Waals surface area contributed by atoms with Gasteiger partial charge in [0.2, 0.25) is 0 Å². The first kappa shape index (κ1) is 75.4. The molecule has 0 amide bonds. The standard InChI is InChI=1S/C118H85BN6/c1-117(2,3)90-56-52-79(53-57-90)100-66-88(94-42-18-16-36-85(94)74-120)68-102(83-40-28-38-81(64-83)76-30-10-7-11-31-76)115(100)124-110-72-92(122-106-48-24-20-44-96(106)97-45-21-25-49-107(97)122)60-62-104(110)119-105-63-61-93(123-108-50-26-22-46-98(108)99-47-23-27-51-109(99)123)73-111(105)125(113-71-87(70-112(124)114(113)119)78-34-14-9-15-35-78)116-101(80-54-58-91(59-55-80)118(4,5)6)67-89(95-43-19-17-37-86(95)75-121)69-103(116)84-41-29-39-82(65-84)77-32-12-8-13-33-77/h7-73H,1-6H3. The zero-order valence-corrected chi connectivity index (χ0v) is 70.4. The number of aromatic nitrogens is 2. The normalized spacial score (nSPS) is 12.3. The van der Waals surface area contributed by atoms with Crippen molar-refractivity contribution in [2.24, 2.45) is 0 Å². The molecule has 2 aliphatic rings. The Hall–Kier alpha value is -15.8. The molecular formula is C118H85BN6. The van der Waals surface area contributed by atoms with Crippen LogP contribution in [-0.2, 0) is 10.8 Å². The maximum Gasteiger partial charge on any atom is 0.252 e. The first-order valence-electron chi connectivity index (χ1n) is 43.2. The van der Waals surface area contributed by atoms with Gasteiger partial charge in [-0.1, -0.05) is 339 Å². The predicted molar refractivity (Wildman–Crippen MR) is 525 cm³/mol. The van der Waals surface area contributed by atoms with Crippen molar-refractivity contribution in [2.45, 2.75) is 52.4 Å². The predicted octanol–water partition coefficient (Wildman–Crippen LogP) is 29.3. The molecule has 2 aliphatic heterocycles. The largest absolute Gasteiger partial charge is 0.310 e. The van der Waals surface area contributed by atoms with Crippen molar-refractivity contribution in [3.63, 3.8) is 0 Å². The van der Waals surface area contributed by atoms with E-state index in [9.17, 15) is 10.5 Å². The number of para-hydroxylation sites is 4. The molecule has 7 heteroatoms. The smallest absolute Gasteiger partial charge is 0.252 e. The van der Waals surface area contributed by atoms with Crippen LogP contribution in [0.4, 0.5) is 34.1 Å². The summed E-state index contributed by atoms with van der Waals surface area (Å²) in [7, 11) is 0. The van der Waals surface area contributed by atoms with Gasteiger partial charge in [0.15, 0.2) is 0 Å². The first-order chi connectivity index (χ1) is 61.2. The van der Waals surface area contributed by atoms with Gasteiger partial charge in [-0.3, -0.25) is 0 Å². The summed E-state index contributed by atoms with van der Waals surface area (Å²) in [5, 5.41) is 27.4. The van der Waals surface area contributed by atoms with E-state index in [-0.39, 0.29) is 10.8 Å². The van der Waals surface area contributed by atoms with E-state index in [2.05, 4.69) is 455 Å². The maximum atomic E-state index is 11.3. The number of hydrogen-bond donors (Lipinski definition) is 0. The summed E-state index contributed by atoms with van der Waals surface area (Å²) in [6.45, 7) is 13.3. The lowest BCUT2D eigenvalue weighted by Gasteiger charge is -2.46. The Kier molecular flexibility index (Phi) is 18.2. The second-order valence-electron chi connectivity index (χ2n) is 35.3.